The van der Waals surface area contributed by atoms with Crippen LogP contribution in [0.4, 0.5) is 0 Å². The number of halogens is 1. The standard InChI is InChI=1S/C8H8ClNO.C5H5N/c9-5-6-2-1-3-7(4-6)8(10)11;1-2-4-6-5-3-1/h1-4H,5H2,(H2,10,11);1-5H. The molecule has 0 fully saturated rings. The van der Waals surface area contributed by atoms with Crippen LogP contribution in [0.5, 0.6) is 0 Å². The van der Waals surface area contributed by atoms with E-state index < -0.39 is 5.91 Å². The first-order valence-electron chi connectivity index (χ1n) is 5.03. The number of hydrogen-bond donors (Lipinski definition) is 1. The fourth-order valence-corrected chi connectivity index (χ4v) is 1.29. The monoisotopic (exact) mass is 248 g/mol. The van der Waals surface area contributed by atoms with Crippen LogP contribution in [0.3, 0.4) is 0 Å². The van der Waals surface area contributed by atoms with Gasteiger partial charge in [-0.1, -0.05) is 18.2 Å². The van der Waals surface area contributed by atoms with E-state index in [9.17, 15) is 4.79 Å². The number of pyridine rings is 1. The molecule has 0 spiro atoms. The van der Waals surface area contributed by atoms with E-state index in [1.54, 1.807) is 30.6 Å². The molecule has 0 saturated heterocycles. The number of nitrogens with zero attached hydrogens (tertiary/aromatic N) is 1. The van der Waals surface area contributed by atoms with E-state index in [-0.39, 0.29) is 0 Å². The van der Waals surface area contributed by atoms with Crippen LogP contribution in [0.25, 0.3) is 0 Å². The smallest absolute Gasteiger partial charge is 0.248 e. The Balaban J connectivity index is 0.000000202. The van der Waals surface area contributed by atoms with Gasteiger partial charge in [0.05, 0.1) is 0 Å². The quantitative estimate of drug-likeness (QED) is 0.831. The van der Waals surface area contributed by atoms with Crippen LogP contribution < -0.4 is 5.73 Å². The molecule has 0 aliphatic rings. The molecule has 1 aromatic heterocycles. The Morgan fingerprint density at radius 3 is 2.29 bits per heavy atom. The molecule has 1 amide bonds. The average Bonchev–Trinajstić information content (AvgIpc) is 2.41. The molecule has 0 atom stereocenters. The molecule has 0 radical (unpaired) electrons. The third-order valence-corrected chi connectivity index (χ3v) is 2.24. The summed E-state index contributed by atoms with van der Waals surface area (Å²) in [6, 6.07) is 12.7. The number of rotatable bonds is 2. The number of carbonyl (C=O) groups excluding carboxylic acids is 1. The first-order chi connectivity index (χ1) is 8.24. The Hall–Kier alpha value is -1.87. The zero-order chi connectivity index (χ0) is 12.5. The molecule has 1 aromatic carbocycles. The highest BCUT2D eigenvalue weighted by molar-refractivity contribution is 6.17. The molecule has 4 heteroatoms. The van der Waals surface area contributed by atoms with Crippen LogP contribution in [0.2, 0.25) is 0 Å². The fourth-order valence-electron chi connectivity index (χ4n) is 1.12. The Kier molecular flexibility index (Phi) is 5.75. The lowest BCUT2D eigenvalue weighted by molar-refractivity contribution is 0.1000. The summed E-state index contributed by atoms with van der Waals surface area (Å²) in [5.41, 5.74) is 6.46. The summed E-state index contributed by atoms with van der Waals surface area (Å²) < 4.78 is 0. The molecule has 88 valence electrons. The van der Waals surface area contributed by atoms with Crippen molar-refractivity contribution in [3.63, 3.8) is 0 Å². The number of benzene rings is 1. The van der Waals surface area contributed by atoms with Gasteiger partial charge < -0.3 is 5.73 Å². The highest BCUT2D eigenvalue weighted by Crippen LogP contribution is 2.06. The van der Waals surface area contributed by atoms with Gasteiger partial charge >= 0.3 is 0 Å². The van der Waals surface area contributed by atoms with E-state index in [4.69, 9.17) is 17.3 Å². The molecule has 2 aromatic rings. The molecule has 1 heterocycles. The zero-order valence-corrected chi connectivity index (χ0v) is 9.97. The van der Waals surface area contributed by atoms with Crippen LogP contribution in [-0.4, -0.2) is 10.9 Å². The van der Waals surface area contributed by atoms with Gasteiger partial charge in [-0.25, -0.2) is 0 Å². The molecular formula is C13H13ClN2O. The number of carbonyl (C=O) groups is 1. The van der Waals surface area contributed by atoms with Crippen molar-refractivity contribution in [2.45, 2.75) is 5.88 Å². The van der Waals surface area contributed by atoms with Gasteiger partial charge in [-0.2, -0.15) is 0 Å². The molecule has 2 N–H and O–H groups in total. The number of amides is 1. The molecule has 0 saturated carbocycles. The number of alkyl halides is 1. The minimum atomic E-state index is -0.419. The predicted octanol–water partition coefficient (Wildman–Crippen LogP) is 2.61. The van der Waals surface area contributed by atoms with Crippen molar-refractivity contribution in [2.24, 2.45) is 5.73 Å². The Bertz CT molecular complexity index is 433. The van der Waals surface area contributed by atoms with Crippen molar-refractivity contribution in [2.75, 3.05) is 0 Å². The fraction of sp³-hybridized carbons (Fsp3) is 0.0769. The van der Waals surface area contributed by atoms with Gasteiger partial charge in [0.2, 0.25) is 5.91 Å². The largest absolute Gasteiger partial charge is 0.366 e. The van der Waals surface area contributed by atoms with Crippen molar-refractivity contribution in [3.8, 4) is 0 Å². The third kappa shape index (κ3) is 5.13. The molecular weight excluding hydrogens is 236 g/mol. The highest BCUT2D eigenvalue weighted by Gasteiger charge is 1.99. The summed E-state index contributed by atoms with van der Waals surface area (Å²) >= 11 is 5.55. The lowest BCUT2D eigenvalue weighted by Gasteiger charge is -1.96. The lowest BCUT2D eigenvalue weighted by Crippen LogP contribution is -2.10. The maximum absolute atomic E-state index is 10.6. The zero-order valence-electron chi connectivity index (χ0n) is 9.21. The van der Waals surface area contributed by atoms with Gasteiger partial charge in [-0.3, -0.25) is 9.78 Å². The highest BCUT2D eigenvalue weighted by atomic mass is 35.5. The Morgan fingerprint density at radius 2 is 1.88 bits per heavy atom. The second-order valence-electron chi connectivity index (χ2n) is 3.22. The lowest BCUT2D eigenvalue weighted by atomic mass is 10.1. The first kappa shape index (κ1) is 13.2. The summed E-state index contributed by atoms with van der Waals surface area (Å²) in [6.07, 6.45) is 3.50. The van der Waals surface area contributed by atoms with E-state index in [2.05, 4.69) is 4.98 Å². The SMILES string of the molecule is NC(=O)c1cccc(CCl)c1.c1ccncc1. The van der Waals surface area contributed by atoms with E-state index in [1.165, 1.54) is 0 Å². The van der Waals surface area contributed by atoms with E-state index in [1.807, 2.05) is 24.3 Å². The minimum absolute atomic E-state index is 0.404. The van der Waals surface area contributed by atoms with Crippen LogP contribution in [0.1, 0.15) is 15.9 Å². The normalized spacial score (nSPS) is 9.00. The average molecular weight is 249 g/mol. The van der Waals surface area contributed by atoms with Crippen LogP contribution in [0.15, 0.2) is 54.9 Å². The summed E-state index contributed by atoms with van der Waals surface area (Å²) in [7, 11) is 0. The first-order valence-corrected chi connectivity index (χ1v) is 5.57. The maximum Gasteiger partial charge on any atom is 0.248 e. The van der Waals surface area contributed by atoms with Gasteiger partial charge in [0, 0.05) is 23.8 Å². The third-order valence-electron chi connectivity index (χ3n) is 1.93. The summed E-state index contributed by atoms with van der Waals surface area (Å²) in [5, 5.41) is 0. The summed E-state index contributed by atoms with van der Waals surface area (Å²) in [6.45, 7) is 0. The molecule has 0 aliphatic heterocycles. The second-order valence-corrected chi connectivity index (χ2v) is 3.49. The van der Waals surface area contributed by atoms with E-state index in [0.717, 1.165) is 5.56 Å². The van der Waals surface area contributed by atoms with Crippen LogP contribution >= 0.6 is 11.6 Å². The number of nitrogens with two attached hydrogens (primary N) is 1. The number of primary amides is 1. The van der Waals surface area contributed by atoms with E-state index in [0.29, 0.717) is 11.4 Å². The molecule has 3 nitrogen and oxygen atoms in total. The molecule has 17 heavy (non-hydrogen) atoms. The molecule has 2 rings (SSSR count). The van der Waals surface area contributed by atoms with Crippen molar-refractivity contribution in [3.05, 3.63) is 66.0 Å². The molecule has 0 unspecified atom stereocenters. The van der Waals surface area contributed by atoms with Crippen LogP contribution in [-0.2, 0) is 5.88 Å². The summed E-state index contributed by atoms with van der Waals surface area (Å²) in [4.78, 5) is 14.4. The second kappa shape index (κ2) is 7.41. The van der Waals surface area contributed by atoms with Gasteiger partial charge in [0.15, 0.2) is 0 Å². The minimum Gasteiger partial charge on any atom is -0.366 e. The van der Waals surface area contributed by atoms with Crippen LogP contribution in [0, 0.1) is 0 Å². The van der Waals surface area contributed by atoms with Gasteiger partial charge in [0.1, 0.15) is 0 Å². The van der Waals surface area contributed by atoms with Crippen molar-refractivity contribution >= 4 is 17.5 Å². The Morgan fingerprint density at radius 1 is 1.18 bits per heavy atom. The maximum atomic E-state index is 10.6. The van der Waals surface area contributed by atoms with Gasteiger partial charge in [0.25, 0.3) is 0 Å². The van der Waals surface area contributed by atoms with Gasteiger partial charge in [-0.05, 0) is 29.8 Å². The molecule has 0 aliphatic carbocycles. The van der Waals surface area contributed by atoms with E-state index >= 15 is 0 Å². The van der Waals surface area contributed by atoms with Gasteiger partial charge in [-0.15, -0.1) is 11.6 Å². The molecule has 0 bridgehead atoms. The topological polar surface area (TPSA) is 56.0 Å². The predicted molar refractivity (Wildman–Crippen MR) is 68.8 cm³/mol. The number of aromatic nitrogens is 1. The Labute approximate surface area is 105 Å². The number of hydrogen-bond acceptors (Lipinski definition) is 2. The van der Waals surface area contributed by atoms with Crippen molar-refractivity contribution in [1.82, 2.24) is 4.98 Å². The van der Waals surface area contributed by atoms with Crippen molar-refractivity contribution in [1.29, 1.82) is 0 Å². The summed E-state index contributed by atoms with van der Waals surface area (Å²) in [5.74, 6) is -0.0156. The van der Waals surface area contributed by atoms with Crippen molar-refractivity contribution < 1.29 is 4.79 Å².